The number of nitrogens with one attached hydrogen (secondary N) is 1. The van der Waals surface area contributed by atoms with Gasteiger partial charge in [0.25, 0.3) is 0 Å². The van der Waals surface area contributed by atoms with Crippen molar-refractivity contribution in [2.24, 2.45) is 5.92 Å². The predicted octanol–water partition coefficient (Wildman–Crippen LogP) is 5.88. The number of hydrogen-bond acceptors (Lipinski definition) is 7. The molecule has 1 fully saturated rings. The molecule has 0 aliphatic carbocycles. The molecule has 3 atom stereocenters. The summed E-state index contributed by atoms with van der Waals surface area (Å²) in [6.07, 6.45) is 1.11. The van der Waals surface area contributed by atoms with Crippen LogP contribution in [-0.4, -0.2) is 61.6 Å². The third-order valence-corrected chi connectivity index (χ3v) is 8.67. The van der Waals surface area contributed by atoms with E-state index in [1.165, 1.54) is 12.1 Å². The number of benzene rings is 3. The number of hydrogen-bond donors (Lipinski definition) is 2. The van der Waals surface area contributed by atoms with Gasteiger partial charge in [0.2, 0.25) is 12.7 Å². The zero-order valence-electron chi connectivity index (χ0n) is 26.2. The van der Waals surface area contributed by atoms with Crippen molar-refractivity contribution in [2.45, 2.75) is 52.5 Å². The molecule has 0 unspecified atom stereocenters. The lowest BCUT2D eigenvalue weighted by molar-refractivity contribution is -0.143. The number of rotatable bonds is 13. The van der Waals surface area contributed by atoms with Crippen LogP contribution in [0, 0.1) is 18.7 Å². The van der Waals surface area contributed by atoms with Crippen LogP contribution < -0.4 is 19.5 Å². The van der Waals surface area contributed by atoms with Gasteiger partial charge < -0.3 is 29.4 Å². The first kappa shape index (κ1) is 32.2. The van der Waals surface area contributed by atoms with Gasteiger partial charge in [0.15, 0.2) is 11.5 Å². The number of carbonyl (C=O) groups excluding carboxylic acids is 1. The van der Waals surface area contributed by atoms with Gasteiger partial charge in [0.05, 0.1) is 19.1 Å². The lowest BCUT2D eigenvalue weighted by Crippen LogP contribution is -2.35. The third-order valence-electron chi connectivity index (χ3n) is 8.67. The van der Waals surface area contributed by atoms with E-state index < -0.39 is 23.8 Å². The Labute approximate surface area is 263 Å². The summed E-state index contributed by atoms with van der Waals surface area (Å²) in [5, 5.41) is 13.7. The van der Waals surface area contributed by atoms with Gasteiger partial charge in [-0.3, -0.25) is 14.5 Å². The fourth-order valence-corrected chi connectivity index (χ4v) is 6.57. The minimum Gasteiger partial charge on any atom is -0.491 e. The van der Waals surface area contributed by atoms with Crippen molar-refractivity contribution in [1.82, 2.24) is 4.90 Å². The minimum absolute atomic E-state index is 0.0508. The maximum absolute atomic E-state index is 14.2. The highest BCUT2D eigenvalue weighted by Gasteiger charge is 2.48. The number of anilines is 1. The molecular formula is C35H41FN2O7. The number of fused-ring (bicyclic) bond motifs is 1. The number of carboxylic acids is 1. The first-order chi connectivity index (χ1) is 21.7. The smallest absolute Gasteiger partial charge is 0.309 e. The minimum atomic E-state index is -0.956. The van der Waals surface area contributed by atoms with Gasteiger partial charge in [0, 0.05) is 30.8 Å². The maximum atomic E-state index is 14.2. The number of amides is 1. The lowest BCUT2D eigenvalue weighted by Gasteiger charge is -2.27. The van der Waals surface area contributed by atoms with E-state index in [1.54, 1.807) is 0 Å². The van der Waals surface area contributed by atoms with Crippen LogP contribution in [0.3, 0.4) is 0 Å². The molecule has 5 rings (SSSR count). The molecular weight excluding hydrogens is 579 g/mol. The number of halogens is 1. The number of carbonyl (C=O) groups is 2. The molecule has 1 amide bonds. The molecule has 0 bridgehead atoms. The van der Waals surface area contributed by atoms with Crippen LogP contribution in [0.15, 0.2) is 48.5 Å². The number of ether oxygens (including phenoxy) is 4. The molecule has 10 heteroatoms. The van der Waals surface area contributed by atoms with Gasteiger partial charge in [-0.15, -0.1) is 0 Å². The quantitative estimate of drug-likeness (QED) is 0.228. The highest BCUT2D eigenvalue weighted by atomic mass is 19.1. The molecule has 0 saturated carbocycles. The average molecular weight is 621 g/mol. The second kappa shape index (κ2) is 14.3. The largest absolute Gasteiger partial charge is 0.491 e. The van der Waals surface area contributed by atoms with Crippen molar-refractivity contribution in [3.63, 3.8) is 0 Å². The first-order valence-corrected chi connectivity index (χ1v) is 15.5. The maximum Gasteiger partial charge on any atom is 0.309 e. The van der Waals surface area contributed by atoms with Crippen LogP contribution in [-0.2, 0) is 27.2 Å². The standard InChI is InChI=1S/C35H41FN2O7/c1-5-22-16-25(36)17-23(6-2)32(22)37-30(39)19-38-18-28(27-12-13-29-34(21(27)4)45-20-44-29)31(35(40)41)33(38)24-8-10-26(11-9-24)43-15-14-42-7-3/h8-13,16-17,28,31,33H,5-7,14-15,18-20H2,1-4H3,(H,37,39)(H,40,41)/t28-,31-,33+/m1/s1. The predicted molar refractivity (Wildman–Crippen MR) is 168 cm³/mol. The molecule has 0 radical (unpaired) electrons. The fraction of sp³-hybridized carbons (Fsp3) is 0.429. The summed E-state index contributed by atoms with van der Waals surface area (Å²) in [6.45, 7) is 9.53. The van der Waals surface area contributed by atoms with Crippen molar-refractivity contribution >= 4 is 17.6 Å². The summed E-state index contributed by atoms with van der Waals surface area (Å²) in [6, 6.07) is 13.4. The molecule has 9 nitrogen and oxygen atoms in total. The summed E-state index contributed by atoms with van der Waals surface area (Å²) in [4.78, 5) is 28.6. The van der Waals surface area contributed by atoms with Crippen LogP contribution in [0.2, 0.25) is 0 Å². The second-order valence-electron chi connectivity index (χ2n) is 11.3. The normalized spacial score (nSPS) is 19.1. The van der Waals surface area contributed by atoms with Crippen LogP contribution in [0.1, 0.15) is 60.5 Å². The molecule has 2 aliphatic rings. The molecule has 1 saturated heterocycles. The molecule has 0 aromatic heterocycles. The van der Waals surface area contributed by atoms with E-state index in [0.717, 1.165) is 27.8 Å². The zero-order chi connectivity index (χ0) is 32.1. The van der Waals surface area contributed by atoms with Gasteiger partial charge in [-0.05, 0) is 84.8 Å². The summed E-state index contributed by atoms with van der Waals surface area (Å²) < 4.78 is 36.6. The Morgan fingerprint density at radius 1 is 1.02 bits per heavy atom. The summed E-state index contributed by atoms with van der Waals surface area (Å²) >= 11 is 0. The highest BCUT2D eigenvalue weighted by Crippen LogP contribution is 2.49. The van der Waals surface area contributed by atoms with E-state index >= 15 is 0 Å². The number of likely N-dealkylation sites (tertiary alicyclic amines) is 1. The topological polar surface area (TPSA) is 107 Å². The number of aryl methyl sites for hydroxylation is 2. The molecule has 0 spiro atoms. The molecule has 240 valence electrons. The van der Waals surface area contributed by atoms with E-state index in [4.69, 9.17) is 18.9 Å². The summed E-state index contributed by atoms with van der Waals surface area (Å²) in [7, 11) is 0. The van der Waals surface area contributed by atoms with Crippen LogP contribution >= 0.6 is 0 Å². The van der Waals surface area contributed by atoms with Gasteiger partial charge in [-0.2, -0.15) is 0 Å². The van der Waals surface area contributed by atoms with E-state index in [2.05, 4.69) is 5.32 Å². The monoisotopic (exact) mass is 620 g/mol. The molecule has 2 N–H and O–H groups in total. The van der Waals surface area contributed by atoms with Crippen LogP contribution in [0.4, 0.5) is 10.1 Å². The van der Waals surface area contributed by atoms with Crippen molar-refractivity contribution in [2.75, 3.05) is 45.0 Å². The fourth-order valence-electron chi connectivity index (χ4n) is 6.57. The molecule has 3 aromatic carbocycles. The van der Waals surface area contributed by atoms with Crippen LogP contribution in [0.5, 0.6) is 17.2 Å². The van der Waals surface area contributed by atoms with Crippen molar-refractivity contribution in [3.05, 3.63) is 82.2 Å². The summed E-state index contributed by atoms with van der Waals surface area (Å²) in [5.74, 6) is -0.977. The van der Waals surface area contributed by atoms with E-state index in [0.29, 0.717) is 62.1 Å². The SMILES string of the molecule is CCOCCOc1ccc([C@H]2[C@H](C(=O)O)[C@@H](c3ccc4c(c3C)OCO4)CN2CC(=O)Nc2c(CC)cc(F)cc2CC)cc1. The Bertz CT molecular complexity index is 1500. The van der Waals surface area contributed by atoms with E-state index in [-0.39, 0.29) is 25.1 Å². The van der Waals surface area contributed by atoms with Gasteiger partial charge >= 0.3 is 5.97 Å². The zero-order valence-corrected chi connectivity index (χ0v) is 26.2. The van der Waals surface area contributed by atoms with Crippen molar-refractivity contribution < 1.29 is 38.0 Å². The first-order valence-electron chi connectivity index (χ1n) is 15.5. The Morgan fingerprint density at radius 2 is 1.73 bits per heavy atom. The van der Waals surface area contributed by atoms with Crippen molar-refractivity contribution in [3.8, 4) is 17.2 Å². The second-order valence-corrected chi connectivity index (χ2v) is 11.3. The van der Waals surface area contributed by atoms with E-state index in [9.17, 15) is 19.1 Å². The highest BCUT2D eigenvalue weighted by molar-refractivity contribution is 5.94. The molecule has 45 heavy (non-hydrogen) atoms. The summed E-state index contributed by atoms with van der Waals surface area (Å²) in [5.41, 5.74) is 4.49. The average Bonchev–Trinajstić information content (AvgIpc) is 3.66. The van der Waals surface area contributed by atoms with Crippen molar-refractivity contribution in [1.29, 1.82) is 0 Å². The number of aliphatic carboxylic acids is 1. The van der Waals surface area contributed by atoms with Gasteiger partial charge in [0.1, 0.15) is 18.2 Å². The Kier molecular flexibility index (Phi) is 10.2. The van der Waals surface area contributed by atoms with E-state index in [1.807, 2.05) is 69.0 Å². The molecule has 3 aromatic rings. The lowest BCUT2D eigenvalue weighted by atomic mass is 9.81. The van der Waals surface area contributed by atoms with Gasteiger partial charge in [-0.1, -0.05) is 32.0 Å². The Morgan fingerprint density at radius 3 is 2.38 bits per heavy atom. The van der Waals surface area contributed by atoms with Crippen LogP contribution in [0.25, 0.3) is 0 Å². The molecule has 2 heterocycles. The number of carboxylic acid groups (broad SMARTS) is 1. The Balaban J connectivity index is 1.47. The Hall–Kier alpha value is -4.15. The number of nitrogens with zero attached hydrogens (tertiary/aromatic N) is 1. The third kappa shape index (κ3) is 6.92. The molecule has 2 aliphatic heterocycles. The van der Waals surface area contributed by atoms with Gasteiger partial charge in [-0.25, -0.2) is 4.39 Å².